The third-order valence-corrected chi connectivity index (χ3v) is 4.58. The maximum Gasteiger partial charge on any atom is 0.0931 e. The molecule has 0 fully saturated rings. The van der Waals surface area contributed by atoms with Gasteiger partial charge in [0.25, 0.3) is 0 Å². The minimum Gasteiger partial charge on any atom is -0.310 e. The normalized spacial score (nSPS) is 12.6. The molecular weight excluding hydrogens is 330 g/mol. The van der Waals surface area contributed by atoms with E-state index in [9.17, 15) is 0 Å². The lowest BCUT2D eigenvalue weighted by Crippen LogP contribution is -2.21. The van der Waals surface area contributed by atoms with Crippen LogP contribution in [0.3, 0.4) is 0 Å². The molecule has 1 aromatic carbocycles. The first-order chi connectivity index (χ1) is 8.65. The minimum absolute atomic E-state index is 0.359. The number of rotatable bonds is 5. The summed E-state index contributed by atoms with van der Waals surface area (Å²) in [6, 6.07) is 12.8. The average Bonchev–Trinajstić information content (AvgIpc) is 2.75. The number of hydrogen-bond acceptors (Lipinski definition) is 2. The highest BCUT2D eigenvalue weighted by Gasteiger charge is 2.05. The molecule has 1 unspecified atom stereocenters. The van der Waals surface area contributed by atoms with Crippen LogP contribution in [0.5, 0.6) is 0 Å². The standard InChI is InChI=1S/C14H15BrClNS/c1-10(11-3-2-4-12(15)9-11)17-8-7-13-5-6-14(16)18-13/h2-6,9-10,17H,7-8H2,1H3. The molecule has 18 heavy (non-hydrogen) atoms. The summed E-state index contributed by atoms with van der Waals surface area (Å²) in [6.45, 7) is 3.15. The molecule has 0 saturated carbocycles. The first kappa shape index (κ1) is 14.1. The van der Waals surface area contributed by atoms with E-state index in [1.165, 1.54) is 10.4 Å². The highest BCUT2D eigenvalue weighted by molar-refractivity contribution is 9.10. The monoisotopic (exact) mass is 343 g/mol. The molecule has 1 atom stereocenters. The molecule has 1 aromatic heterocycles. The number of nitrogens with one attached hydrogen (secondary N) is 1. The lowest BCUT2D eigenvalue weighted by molar-refractivity contribution is 0.578. The predicted octanol–water partition coefficient (Wildman–Crippen LogP) is 5.06. The third-order valence-electron chi connectivity index (χ3n) is 2.80. The van der Waals surface area contributed by atoms with Crippen LogP contribution in [-0.2, 0) is 6.42 Å². The quantitative estimate of drug-likeness (QED) is 0.799. The Kier molecular flexibility index (Phi) is 5.25. The fourth-order valence-electron chi connectivity index (χ4n) is 1.79. The summed E-state index contributed by atoms with van der Waals surface area (Å²) in [6.07, 6.45) is 1.02. The van der Waals surface area contributed by atoms with Gasteiger partial charge in [0.2, 0.25) is 0 Å². The van der Waals surface area contributed by atoms with Gasteiger partial charge < -0.3 is 5.32 Å². The Hall–Kier alpha value is -0.350. The molecule has 2 aromatic rings. The van der Waals surface area contributed by atoms with Gasteiger partial charge in [0.1, 0.15) is 0 Å². The molecule has 2 rings (SSSR count). The average molecular weight is 345 g/mol. The van der Waals surface area contributed by atoms with Crippen molar-refractivity contribution in [1.82, 2.24) is 5.32 Å². The van der Waals surface area contributed by atoms with Gasteiger partial charge in [-0.2, -0.15) is 0 Å². The molecule has 0 aliphatic carbocycles. The van der Waals surface area contributed by atoms with Gasteiger partial charge in [0, 0.05) is 21.9 Å². The molecule has 0 amide bonds. The van der Waals surface area contributed by atoms with Gasteiger partial charge in [-0.1, -0.05) is 39.7 Å². The molecule has 96 valence electrons. The lowest BCUT2D eigenvalue weighted by Gasteiger charge is -2.14. The Morgan fingerprint density at radius 3 is 2.83 bits per heavy atom. The molecule has 0 radical (unpaired) electrons. The van der Waals surface area contributed by atoms with E-state index in [1.807, 2.05) is 12.1 Å². The van der Waals surface area contributed by atoms with Gasteiger partial charge in [0.15, 0.2) is 0 Å². The smallest absolute Gasteiger partial charge is 0.0931 e. The summed E-state index contributed by atoms with van der Waals surface area (Å²) < 4.78 is 1.99. The van der Waals surface area contributed by atoms with E-state index in [0.29, 0.717) is 6.04 Å². The number of benzene rings is 1. The van der Waals surface area contributed by atoms with Crippen molar-refractivity contribution in [2.45, 2.75) is 19.4 Å². The van der Waals surface area contributed by atoms with Crippen molar-refractivity contribution < 1.29 is 0 Å². The summed E-state index contributed by atoms with van der Waals surface area (Å²) in [7, 11) is 0. The Morgan fingerprint density at radius 1 is 1.33 bits per heavy atom. The molecule has 0 aliphatic rings. The van der Waals surface area contributed by atoms with E-state index < -0.39 is 0 Å². The summed E-state index contributed by atoms with van der Waals surface area (Å²) >= 11 is 11.1. The summed E-state index contributed by atoms with van der Waals surface area (Å²) in [4.78, 5) is 1.33. The van der Waals surface area contributed by atoms with Gasteiger partial charge in [-0.3, -0.25) is 0 Å². The molecule has 0 spiro atoms. The largest absolute Gasteiger partial charge is 0.310 e. The van der Waals surface area contributed by atoms with Crippen LogP contribution < -0.4 is 5.32 Å². The highest BCUT2D eigenvalue weighted by atomic mass is 79.9. The van der Waals surface area contributed by atoms with Crippen LogP contribution in [0.2, 0.25) is 4.34 Å². The second-order valence-electron chi connectivity index (χ2n) is 4.19. The van der Waals surface area contributed by atoms with Gasteiger partial charge >= 0.3 is 0 Å². The number of thiophene rings is 1. The van der Waals surface area contributed by atoms with Crippen LogP contribution in [0, 0.1) is 0 Å². The molecule has 1 N–H and O–H groups in total. The van der Waals surface area contributed by atoms with E-state index in [4.69, 9.17) is 11.6 Å². The second-order valence-corrected chi connectivity index (χ2v) is 6.90. The van der Waals surface area contributed by atoms with Crippen molar-refractivity contribution in [1.29, 1.82) is 0 Å². The van der Waals surface area contributed by atoms with Crippen LogP contribution >= 0.6 is 38.9 Å². The molecule has 0 aliphatic heterocycles. The molecular formula is C14H15BrClNS. The molecule has 4 heteroatoms. The topological polar surface area (TPSA) is 12.0 Å². The van der Waals surface area contributed by atoms with Crippen molar-refractivity contribution >= 4 is 38.9 Å². The first-order valence-corrected chi connectivity index (χ1v) is 7.87. The Balaban J connectivity index is 1.83. The predicted molar refractivity (Wildman–Crippen MR) is 83.6 cm³/mol. The van der Waals surface area contributed by atoms with Gasteiger partial charge in [0.05, 0.1) is 4.34 Å². The van der Waals surface area contributed by atoms with Gasteiger partial charge in [-0.25, -0.2) is 0 Å². The van der Waals surface area contributed by atoms with Gasteiger partial charge in [-0.05, 0) is 43.2 Å². The Labute approximate surface area is 125 Å². The molecule has 1 nitrogen and oxygen atoms in total. The SMILES string of the molecule is CC(NCCc1ccc(Cl)s1)c1cccc(Br)c1. The first-order valence-electron chi connectivity index (χ1n) is 5.88. The molecule has 1 heterocycles. The van der Waals surface area contributed by atoms with Crippen LogP contribution in [-0.4, -0.2) is 6.54 Å². The molecule has 0 bridgehead atoms. The zero-order valence-electron chi connectivity index (χ0n) is 10.1. The second kappa shape index (κ2) is 6.71. The maximum atomic E-state index is 5.91. The highest BCUT2D eigenvalue weighted by Crippen LogP contribution is 2.22. The zero-order chi connectivity index (χ0) is 13.0. The van der Waals surface area contributed by atoms with Crippen molar-refractivity contribution in [2.24, 2.45) is 0 Å². The van der Waals surface area contributed by atoms with Crippen LogP contribution in [0.4, 0.5) is 0 Å². The van der Waals surface area contributed by atoms with E-state index in [1.54, 1.807) is 11.3 Å². The van der Waals surface area contributed by atoms with Gasteiger partial charge in [-0.15, -0.1) is 11.3 Å². The number of hydrogen-bond donors (Lipinski definition) is 1. The van der Waals surface area contributed by atoms with E-state index >= 15 is 0 Å². The fraction of sp³-hybridized carbons (Fsp3) is 0.286. The Morgan fingerprint density at radius 2 is 2.17 bits per heavy atom. The Bertz CT molecular complexity index is 512. The van der Waals surface area contributed by atoms with Crippen molar-refractivity contribution in [2.75, 3.05) is 6.54 Å². The minimum atomic E-state index is 0.359. The van der Waals surface area contributed by atoms with Crippen molar-refractivity contribution in [3.05, 3.63) is 55.6 Å². The van der Waals surface area contributed by atoms with E-state index in [0.717, 1.165) is 21.8 Å². The lowest BCUT2D eigenvalue weighted by atomic mass is 10.1. The van der Waals surface area contributed by atoms with Crippen molar-refractivity contribution in [3.63, 3.8) is 0 Å². The zero-order valence-corrected chi connectivity index (χ0v) is 13.3. The fourth-order valence-corrected chi connectivity index (χ4v) is 3.30. The summed E-state index contributed by atoms with van der Waals surface area (Å²) in [5.74, 6) is 0. The van der Waals surface area contributed by atoms with Crippen LogP contribution in [0.15, 0.2) is 40.9 Å². The maximum absolute atomic E-state index is 5.91. The van der Waals surface area contributed by atoms with Crippen LogP contribution in [0.25, 0.3) is 0 Å². The summed E-state index contributed by atoms with van der Waals surface area (Å²) in [5.41, 5.74) is 1.30. The number of halogens is 2. The van der Waals surface area contributed by atoms with Crippen molar-refractivity contribution in [3.8, 4) is 0 Å². The van der Waals surface area contributed by atoms with E-state index in [-0.39, 0.29) is 0 Å². The summed E-state index contributed by atoms with van der Waals surface area (Å²) in [5, 5.41) is 3.53. The molecule has 0 saturated heterocycles. The van der Waals surface area contributed by atoms with E-state index in [2.05, 4.69) is 52.4 Å². The van der Waals surface area contributed by atoms with Crippen LogP contribution in [0.1, 0.15) is 23.4 Å². The third kappa shape index (κ3) is 4.09.